The Morgan fingerprint density at radius 2 is 1.77 bits per heavy atom. The maximum absolute atomic E-state index is 13.5. The molecule has 0 unspecified atom stereocenters. The Balaban J connectivity index is 1.58. The highest BCUT2D eigenvalue weighted by molar-refractivity contribution is 6.09. The second kappa shape index (κ2) is 10.8. The number of hydrogen-bond donors (Lipinski definition) is 1. The van der Waals surface area contributed by atoms with Gasteiger partial charge in [-0.2, -0.15) is 10.4 Å². The summed E-state index contributed by atoms with van der Waals surface area (Å²) >= 11 is 0. The zero-order valence-electron chi connectivity index (χ0n) is 21.0. The predicted molar refractivity (Wildman–Crippen MR) is 148 cm³/mol. The van der Waals surface area contributed by atoms with Crippen molar-refractivity contribution in [2.24, 2.45) is 0 Å². The molecule has 0 spiro atoms. The molecule has 0 amide bonds. The zero-order valence-corrected chi connectivity index (χ0v) is 21.0. The molecule has 0 fully saturated rings. The summed E-state index contributed by atoms with van der Waals surface area (Å²) in [5.41, 5.74) is 2.86. The summed E-state index contributed by atoms with van der Waals surface area (Å²) in [6.07, 6.45) is 7.90. The molecule has 39 heavy (non-hydrogen) atoms. The van der Waals surface area contributed by atoms with Gasteiger partial charge < -0.3 is 5.11 Å². The highest BCUT2D eigenvalue weighted by atomic mass is 16.3. The number of carbonyl (C=O) groups excluding carboxylic acids is 1. The van der Waals surface area contributed by atoms with Gasteiger partial charge in [-0.15, -0.1) is 0 Å². The van der Waals surface area contributed by atoms with Gasteiger partial charge in [0.1, 0.15) is 11.6 Å². The molecular weight excluding hydrogens is 490 g/mol. The van der Waals surface area contributed by atoms with Crippen molar-refractivity contribution in [3.05, 3.63) is 136 Å². The van der Waals surface area contributed by atoms with Crippen molar-refractivity contribution in [3.63, 3.8) is 0 Å². The molecule has 1 N–H and O–H groups in total. The van der Waals surface area contributed by atoms with Crippen molar-refractivity contribution in [1.29, 1.82) is 5.26 Å². The van der Waals surface area contributed by atoms with E-state index in [-0.39, 0.29) is 23.2 Å². The van der Waals surface area contributed by atoms with Crippen LogP contribution in [-0.4, -0.2) is 30.2 Å². The van der Waals surface area contributed by atoms with Crippen molar-refractivity contribution in [1.82, 2.24) is 19.3 Å². The average molecular weight is 514 g/mol. The Bertz CT molecular complexity index is 1780. The lowest BCUT2D eigenvalue weighted by Crippen LogP contribution is -2.26. The van der Waals surface area contributed by atoms with E-state index < -0.39 is 17.2 Å². The van der Waals surface area contributed by atoms with Gasteiger partial charge in [0, 0.05) is 29.7 Å². The summed E-state index contributed by atoms with van der Waals surface area (Å²) in [6, 6.07) is 24.5. The molecular formula is C31H23N5O3. The first-order valence-electron chi connectivity index (χ1n) is 12.2. The molecule has 0 aliphatic rings. The van der Waals surface area contributed by atoms with Gasteiger partial charge in [-0.25, -0.2) is 4.68 Å². The van der Waals surface area contributed by atoms with E-state index in [1.807, 2.05) is 72.9 Å². The van der Waals surface area contributed by atoms with Gasteiger partial charge in [0.15, 0.2) is 5.78 Å². The number of aromatic hydroxyl groups is 1. The van der Waals surface area contributed by atoms with E-state index in [2.05, 4.69) is 4.98 Å². The Morgan fingerprint density at radius 1 is 1.05 bits per heavy atom. The van der Waals surface area contributed by atoms with Crippen molar-refractivity contribution < 1.29 is 9.90 Å². The first kappa shape index (κ1) is 25.1. The van der Waals surface area contributed by atoms with Crippen molar-refractivity contribution in [2.45, 2.75) is 13.5 Å². The second-order valence-electron chi connectivity index (χ2n) is 8.84. The van der Waals surface area contributed by atoms with E-state index in [1.165, 1.54) is 13.0 Å². The quantitative estimate of drug-likeness (QED) is 0.244. The van der Waals surface area contributed by atoms with Crippen LogP contribution in [0.4, 0.5) is 0 Å². The average Bonchev–Trinajstić information content (AvgIpc) is 3.40. The first-order valence-corrected chi connectivity index (χ1v) is 12.2. The third-order valence-electron chi connectivity index (χ3n) is 6.33. The summed E-state index contributed by atoms with van der Waals surface area (Å²) in [7, 11) is 0. The van der Waals surface area contributed by atoms with E-state index >= 15 is 0 Å². The Hall–Kier alpha value is -5.55. The van der Waals surface area contributed by atoms with Gasteiger partial charge in [-0.1, -0.05) is 54.6 Å². The number of nitrogens with zero attached hydrogens (tertiary/aromatic N) is 5. The van der Waals surface area contributed by atoms with Crippen molar-refractivity contribution in [3.8, 4) is 28.9 Å². The van der Waals surface area contributed by atoms with Crippen LogP contribution in [0.5, 0.6) is 5.88 Å². The van der Waals surface area contributed by atoms with Crippen LogP contribution < -0.4 is 5.56 Å². The summed E-state index contributed by atoms with van der Waals surface area (Å²) in [5, 5.41) is 25.5. The minimum Gasteiger partial charge on any atom is -0.494 e. The van der Waals surface area contributed by atoms with Crippen LogP contribution in [-0.2, 0) is 6.54 Å². The third-order valence-corrected chi connectivity index (χ3v) is 6.33. The van der Waals surface area contributed by atoms with Crippen LogP contribution in [0.25, 0.3) is 23.0 Å². The lowest BCUT2D eigenvalue weighted by Gasteiger charge is -2.14. The van der Waals surface area contributed by atoms with Gasteiger partial charge >= 0.3 is 0 Å². The predicted octanol–water partition coefficient (Wildman–Crippen LogP) is 4.93. The lowest BCUT2D eigenvalue weighted by atomic mass is 10.0. The SMILES string of the molecule is Cc1c(C(=O)/C=C/c2cn(-c3ccccc3)nc2-c2ccccc2)c(O)n(Cc2cccnc2)c(=O)c1C#N. The highest BCUT2D eigenvalue weighted by Crippen LogP contribution is 2.27. The normalized spacial score (nSPS) is 11.0. The molecule has 5 aromatic rings. The molecule has 5 rings (SSSR count). The summed E-state index contributed by atoms with van der Waals surface area (Å²) in [5.74, 6) is -1.05. The number of aromatic nitrogens is 4. The number of hydrogen-bond acceptors (Lipinski definition) is 6. The largest absolute Gasteiger partial charge is 0.494 e. The number of ketones is 1. The van der Waals surface area contributed by atoms with E-state index in [0.717, 1.165) is 15.8 Å². The number of benzene rings is 2. The van der Waals surface area contributed by atoms with Crippen LogP contribution in [0.3, 0.4) is 0 Å². The van der Waals surface area contributed by atoms with Gasteiger partial charge in [-0.3, -0.25) is 19.1 Å². The molecule has 0 aliphatic carbocycles. The van der Waals surface area contributed by atoms with Crippen LogP contribution >= 0.6 is 0 Å². The van der Waals surface area contributed by atoms with Crippen LogP contribution in [0.15, 0.2) is 102 Å². The molecule has 2 aromatic carbocycles. The standard InChI is InChI=1S/C31H23N5O3/c1-21-26(17-32)30(38)35(19-22-9-8-16-33-18-22)31(39)28(21)27(37)15-14-24-20-36(25-12-6-3-7-13-25)34-29(24)23-10-4-2-5-11-23/h2-16,18,20,39H,19H2,1H3/b15-14+. The number of nitriles is 1. The topological polar surface area (TPSA) is 114 Å². The molecule has 0 atom stereocenters. The minimum absolute atomic E-state index is 0.0422. The smallest absolute Gasteiger partial charge is 0.271 e. The highest BCUT2D eigenvalue weighted by Gasteiger charge is 2.23. The fourth-order valence-electron chi connectivity index (χ4n) is 4.36. The van der Waals surface area contributed by atoms with E-state index in [9.17, 15) is 20.0 Å². The monoisotopic (exact) mass is 513 g/mol. The molecule has 0 radical (unpaired) electrons. The maximum Gasteiger partial charge on any atom is 0.271 e. The van der Waals surface area contributed by atoms with Crippen LogP contribution in [0.1, 0.15) is 32.6 Å². The Morgan fingerprint density at radius 3 is 2.44 bits per heavy atom. The second-order valence-corrected chi connectivity index (χ2v) is 8.84. The van der Waals surface area contributed by atoms with E-state index in [0.29, 0.717) is 16.8 Å². The fraction of sp³-hybridized carbons (Fsp3) is 0.0645. The minimum atomic E-state index is -0.674. The molecule has 0 saturated heterocycles. The van der Waals surface area contributed by atoms with E-state index in [1.54, 1.807) is 35.3 Å². The molecule has 8 nitrogen and oxygen atoms in total. The summed E-state index contributed by atoms with van der Waals surface area (Å²) < 4.78 is 2.75. The molecule has 190 valence electrons. The van der Waals surface area contributed by atoms with Crippen molar-refractivity contribution >= 4 is 11.9 Å². The van der Waals surface area contributed by atoms with Crippen LogP contribution in [0, 0.1) is 18.3 Å². The number of carbonyl (C=O) groups is 1. The summed E-state index contributed by atoms with van der Waals surface area (Å²) in [4.78, 5) is 30.4. The molecule has 3 aromatic heterocycles. The molecule has 0 bridgehead atoms. The molecule has 3 heterocycles. The molecule has 0 aliphatic heterocycles. The summed E-state index contributed by atoms with van der Waals surface area (Å²) in [6.45, 7) is 1.44. The first-order chi connectivity index (χ1) is 19.0. The number of rotatable bonds is 7. The molecule has 0 saturated carbocycles. The number of allylic oxidation sites excluding steroid dienone is 1. The molecule has 8 heteroatoms. The Kier molecular flexibility index (Phi) is 6.97. The van der Waals surface area contributed by atoms with Gasteiger partial charge in [-0.05, 0) is 48.4 Å². The third kappa shape index (κ3) is 5.02. The number of para-hydroxylation sites is 1. The maximum atomic E-state index is 13.5. The number of pyridine rings is 2. The fourth-order valence-corrected chi connectivity index (χ4v) is 4.36. The van der Waals surface area contributed by atoms with Gasteiger partial charge in [0.25, 0.3) is 5.56 Å². The van der Waals surface area contributed by atoms with Crippen molar-refractivity contribution in [2.75, 3.05) is 0 Å². The van der Waals surface area contributed by atoms with Crippen LogP contribution in [0.2, 0.25) is 0 Å². The van der Waals surface area contributed by atoms with Gasteiger partial charge in [0.2, 0.25) is 5.88 Å². The van der Waals surface area contributed by atoms with E-state index in [4.69, 9.17) is 5.10 Å². The van der Waals surface area contributed by atoms with Gasteiger partial charge in [0.05, 0.1) is 23.5 Å². The lowest BCUT2D eigenvalue weighted by molar-refractivity contribution is 0.104. The zero-order chi connectivity index (χ0) is 27.4. The Labute approximate surface area is 224 Å².